The number of rotatable bonds is 4. The molecule has 2 aliphatic rings. The van der Waals surface area contributed by atoms with E-state index in [1.807, 2.05) is 36.1 Å². The highest BCUT2D eigenvalue weighted by atomic mass is 35.5. The minimum absolute atomic E-state index is 0.0657. The van der Waals surface area contributed by atoms with Gasteiger partial charge >= 0.3 is 12.0 Å². The lowest BCUT2D eigenvalue weighted by Gasteiger charge is -2.33. The van der Waals surface area contributed by atoms with Crippen LogP contribution in [0.2, 0.25) is 10.0 Å². The van der Waals surface area contributed by atoms with E-state index in [0.29, 0.717) is 28.1 Å². The van der Waals surface area contributed by atoms with Gasteiger partial charge in [-0.05, 0) is 42.8 Å². The standard InChI is InChI=1S/C26H22Cl2N4O4/c1-15-3-5-16(6-4-15)21-13-31(22-8-7-17(12-29-22)23(33)34)14-26(21)24(35)32(25(36)30(26)2)20-10-18(27)9-19(28)11-20/h3-12,21H,13-14H2,1-2H3,(H,33,34)/t21-,26+/m0/s1. The van der Waals surface area contributed by atoms with Crippen molar-refractivity contribution in [2.24, 2.45) is 0 Å². The van der Waals surface area contributed by atoms with Crippen LogP contribution in [0.5, 0.6) is 0 Å². The quantitative estimate of drug-likeness (QED) is 0.491. The predicted octanol–water partition coefficient (Wildman–Crippen LogP) is 4.84. The SMILES string of the molecule is Cc1ccc([C@@H]2CN(c3ccc(C(=O)O)cn3)C[C@]23C(=O)N(c2cc(Cl)cc(Cl)c2)C(=O)N3C)cc1. The van der Waals surface area contributed by atoms with Gasteiger partial charge in [-0.2, -0.15) is 0 Å². The van der Waals surface area contributed by atoms with Crippen molar-refractivity contribution < 1.29 is 19.5 Å². The fourth-order valence-electron chi connectivity index (χ4n) is 5.09. The number of amides is 3. The molecule has 2 aliphatic heterocycles. The molecular formula is C26H22Cl2N4O4. The van der Waals surface area contributed by atoms with Crippen LogP contribution in [0.15, 0.2) is 60.8 Å². The predicted molar refractivity (Wildman–Crippen MR) is 137 cm³/mol. The average Bonchev–Trinajstić information content (AvgIpc) is 3.32. The van der Waals surface area contributed by atoms with Crippen molar-refractivity contribution in [3.05, 3.63) is 87.5 Å². The number of hydrogen-bond acceptors (Lipinski definition) is 5. The van der Waals surface area contributed by atoms with Crippen LogP contribution in [-0.4, -0.2) is 58.6 Å². The molecule has 5 rings (SSSR count). The monoisotopic (exact) mass is 524 g/mol. The number of carbonyl (C=O) groups excluding carboxylic acids is 2. The lowest BCUT2D eigenvalue weighted by Crippen LogP contribution is -2.53. The summed E-state index contributed by atoms with van der Waals surface area (Å²) >= 11 is 12.4. The number of carboxylic acid groups (broad SMARTS) is 1. The lowest BCUT2D eigenvalue weighted by atomic mass is 9.80. The fraction of sp³-hybridized carbons (Fsp3) is 0.231. The summed E-state index contributed by atoms with van der Waals surface area (Å²) in [4.78, 5) is 47.9. The molecule has 184 valence electrons. The summed E-state index contributed by atoms with van der Waals surface area (Å²) in [6, 6.07) is 15.1. The number of urea groups is 1. The highest BCUT2D eigenvalue weighted by Crippen LogP contribution is 2.47. The number of hydrogen-bond donors (Lipinski definition) is 1. The second kappa shape index (κ2) is 8.80. The van der Waals surface area contributed by atoms with E-state index in [1.54, 1.807) is 13.1 Å². The number of carbonyl (C=O) groups is 3. The molecule has 1 N–H and O–H groups in total. The first-order valence-corrected chi connectivity index (χ1v) is 12.0. The highest BCUT2D eigenvalue weighted by Gasteiger charge is 2.64. The molecule has 8 nitrogen and oxygen atoms in total. The van der Waals surface area contributed by atoms with E-state index in [0.717, 1.165) is 16.0 Å². The molecule has 0 saturated carbocycles. The van der Waals surface area contributed by atoms with Gasteiger partial charge in [0.2, 0.25) is 0 Å². The van der Waals surface area contributed by atoms with Crippen LogP contribution in [0.25, 0.3) is 0 Å². The number of nitrogens with zero attached hydrogens (tertiary/aromatic N) is 4. The van der Waals surface area contributed by atoms with E-state index in [2.05, 4.69) is 4.98 Å². The maximum Gasteiger partial charge on any atom is 0.337 e. The summed E-state index contributed by atoms with van der Waals surface area (Å²) in [5, 5.41) is 9.86. The number of benzene rings is 2. The van der Waals surface area contributed by atoms with E-state index in [4.69, 9.17) is 23.2 Å². The summed E-state index contributed by atoms with van der Waals surface area (Å²) in [7, 11) is 1.62. The molecule has 36 heavy (non-hydrogen) atoms. The summed E-state index contributed by atoms with van der Waals surface area (Å²) in [6.45, 7) is 2.56. The molecule has 0 radical (unpaired) electrons. The van der Waals surface area contributed by atoms with Gasteiger partial charge in [0, 0.05) is 35.8 Å². The van der Waals surface area contributed by atoms with Gasteiger partial charge in [-0.1, -0.05) is 53.0 Å². The van der Waals surface area contributed by atoms with Crippen molar-refractivity contribution >= 4 is 52.6 Å². The molecule has 3 heterocycles. The van der Waals surface area contributed by atoms with Crippen LogP contribution in [0.3, 0.4) is 0 Å². The summed E-state index contributed by atoms with van der Waals surface area (Å²) < 4.78 is 0. The average molecular weight is 525 g/mol. The number of aryl methyl sites for hydroxylation is 1. The minimum Gasteiger partial charge on any atom is -0.478 e. The van der Waals surface area contributed by atoms with Gasteiger partial charge in [0.05, 0.1) is 17.8 Å². The van der Waals surface area contributed by atoms with Gasteiger partial charge in [-0.3, -0.25) is 4.79 Å². The van der Waals surface area contributed by atoms with Crippen molar-refractivity contribution in [1.29, 1.82) is 0 Å². The largest absolute Gasteiger partial charge is 0.478 e. The van der Waals surface area contributed by atoms with E-state index in [1.165, 1.54) is 35.4 Å². The Morgan fingerprint density at radius 2 is 1.72 bits per heavy atom. The van der Waals surface area contributed by atoms with E-state index in [-0.39, 0.29) is 23.9 Å². The Morgan fingerprint density at radius 1 is 1.06 bits per heavy atom. The van der Waals surface area contributed by atoms with E-state index < -0.39 is 17.5 Å². The molecule has 0 bridgehead atoms. The number of imide groups is 1. The first-order chi connectivity index (χ1) is 17.1. The Balaban J connectivity index is 1.61. The Kier molecular flexibility index (Phi) is 5.89. The molecule has 3 aromatic rings. The van der Waals surface area contributed by atoms with Crippen LogP contribution in [-0.2, 0) is 4.79 Å². The van der Waals surface area contributed by atoms with Crippen LogP contribution < -0.4 is 9.80 Å². The van der Waals surface area contributed by atoms with Crippen molar-refractivity contribution in [2.45, 2.75) is 18.4 Å². The third kappa shape index (κ3) is 3.77. The molecule has 1 aromatic heterocycles. The summed E-state index contributed by atoms with van der Waals surface area (Å²) in [6.07, 6.45) is 1.29. The molecule has 2 atom stereocenters. The highest BCUT2D eigenvalue weighted by molar-refractivity contribution is 6.35. The van der Waals surface area contributed by atoms with Gasteiger partial charge in [-0.25, -0.2) is 19.5 Å². The first-order valence-electron chi connectivity index (χ1n) is 11.2. The number of pyridine rings is 1. The second-order valence-corrected chi connectivity index (χ2v) is 9.96. The van der Waals surface area contributed by atoms with Crippen LogP contribution >= 0.6 is 23.2 Å². The van der Waals surface area contributed by atoms with Gasteiger partial charge in [-0.15, -0.1) is 0 Å². The number of anilines is 2. The normalized spacial score (nSPS) is 21.7. The Labute approximate surface area is 217 Å². The molecule has 0 aliphatic carbocycles. The van der Waals surface area contributed by atoms with Crippen molar-refractivity contribution in [3.63, 3.8) is 0 Å². The van der Waals surface area contributed by atoms with E-state index >= 15 is 0 Å². The molecular weight excluding hydrogens is 503 g/mol. The lowest BCUT2D eigenvalue weighted by molar-refractivity contribution is -0.124. The Bertz CT molecular complexity index is 1360. The Morgan fingerprint density at radius 3 is 2.31 bits per heavy atom. The zero-order chi connectivity index (χ0) is 25.8. The smallest absolute Gasteiger partial charge is 0.337 e. The van der Waals surface area contributed by atoms with Crippen molar-refractivity contribution in [1.82, 2.24) is 9.88 Å². The van der Waals surface area contributed by atoms with Gasteiger partial charge in [0.15, 0.2) is 0 Å². The topological polar surface area (TPSA) is 94.0 Å². The van der Waals surface area contributed by atoms with E-state index in [9.17, 15) is 19.5 Å². The molecule has 2 saturated heterocycles. The molecule has 2 aromatic carbocycles. The third-order valence-electron chi connectivity index (χ3n) is 6.97. The minimum atomic E-state index is -1.23. The molecule has 3 amide bonds. The number of halogens is 2. The number of aromatic carboxylic acids is 1. The molecule has 1 spiro atoms. The fourth-order valence-corrected chi connectivity index (χ4v) is 5.60. The van der Waals surface area contributed by atoms with Crippen LogP contribution in [0, 0.1) is 6.92 Å². The molecule has 10 heteroatoms. The summed E-state index contributed by atoms with van der Waals surface area (Å²) in [5.41, 5.74) is 1.12. The second-order valence-electron chi connectivity index (χ2n) is 9.09. The van der Waals surface area contributed by atoms with Crippen LogP contribution in [0.4, 0.5) is 16.3 Å². The van der Waals surface area contributed by atoms with Crippen LogP contribution in [0.1, 0.15) is 27.4 Å². The van der Waals surface area contributed by atoms with Crippen molar-refractivity contribution in [3.8, 4) is 0 Å². The maximum absolute atomic E-state index is 14.2. The molecule has 0 unspecified atom stereocenters. The van der Waals surface area contributed by atoms with Crippen molar-refractivity contribution in [2.75, 3.05) is 29.9 Å². The number of aromatic nitrogens is 1. The molecule has 2 fully saturated rings. The van der Waals surface area contributed by atoms with Gasteiger partial charge in [0.1, 0.15) is 11.4 Å². The maximum atomic E-state index is 14.2. The Hall–Kier alpha value is -3.62. The van der Waals surface area contributed by atoms with Gasteiger partial charge < -0.3 is 14.9 Å². The van der Waals surface area contributed by atoms with Gasteiger partial charge in [0.25, 0.3) is 5.91 Å². The first kappa shape index (κ1) is 24.1. The number of likely N-dealkylation sites (N-methyl/N-ethyl adjacent to an activating group) is 1. The third-order valence-corrected chi connectivity index (χ3v) is 7.40. The zero-order valence-corrected chi connectivity index (χ0v) is 21.0. The zero-order valence-electron chi connectivity index (χ0n) is 19.5. The summed E-state index contributed by atoms with van der Waals surface area (Å²) in [5.74, 6) is -1.31. The number of carboxylic acids is 1.